The summed E-state index contributed by atoms with van der Waals surface area (Å²) in [7, 11) is 0. The molecule has 2 aromatic carbocycles. The molecule has 3 aromatic rings. The monoisotopic (exact) mass is 373 g/mol. The lowest BCUT2D eigenvalue weighted by atomic mass is 10.2. The molecule has 1 aromatic heterocycles. The van der Waals surface area contributed by atoms with Crippen LogP contribution in [0.1, 0.15) is 12.5 Å². The van der Waals surface area contributed by atoms with Crippen LogP contribution >= 0.6 is 0 Å². The largest absolute Gasteiger partial charge is 0.368 e. The molecule has 0 N–H and O–H groups in total. The van der Waals surface area contributed by atoms with Crippen LogP contribution in [0.2, 0.25) is 0 Å². The van der Waals surface area contributed by atoms with E-state index in [-0.39, 0.29) is 0 Å². The van der Waals surface area contributed by atoms with Crippen LogP contribution in [0.25, 0.3) is 0 Å². The number of benzene rings is 2. The zero-order valence-electron chi connectivity index (χ0n) is 16.6. The van der Waals surface area contributed by atoms with Gasteiger partial charge in [-0.05, 0) is 49.7 Å². The number of hydrogen-bond acceptors (Lipinski definition) is 5. The van der Waals surface area contributed by atoms with E-state index in [9.17, 15) is 0 Å². The number of hydrogen-bond donors (Lipinski definition) is 0. The summed E-state index contributed by atoms with van der Waals surface area (Å²) in [5.41, 5.74) is 3.71. The van der Waals surface area contributed by atoms with Gasteiger partial charge in [0.05, 0.1) is 0 Å². The van der Waals surface area contributed by atoms with Gasteiger partial charge in [-0.3, -0.25) is 0 Å². The van der Waals surface area contributed by atoms with Crippen molar-refractivity contribution in [3.63, 3.8) is 0 Å². The summed E-state index contributed by atoms with van der Waals surface area (Å²) in [5.74, 6) is 1.76. The van der Waals surface area contributed by atoms with E-state index < -0.39 is 0 Å². The Morgan fingerprint density at radius 2 is 1.64 bits per heavy atom. The minimum atomic E-state index is 0.816. The molecule has 0 unspecified atom stereocenters. The first-order valence-electron chi connectivity index (χ1n) is 9.97. The molecule has 1 saturated heterocycles. The number of rotatable bonds is 5. The van der Waals surface area contributed by atoms with E-state index in [1.165, 1.54) is 16.9 Å². The van der Waals surface area contributed by atoms with Gasteiger partial charge in [0.15, 0.2) is 0 Å². The summed E-state index contributed by atoms with van der Waals surface area (Å²) in [4.78, 5) is 16.4. The fraction of sp³-hybridized carbons (Fsp3) is 0.304. The summed E-state index contributed by atoms with van der Waals surface area (Å²) in [6.07, 6.45) is 1.87. The Hall–Kier alpha value is -3.08. The lowest BCUT2D eigenvalue weighted by Gasteiger charge is -2.36. The normalized spacial score (nSPS) is 14.2. The van der Waals surface area contributed by atoms with Crippen LogP contribution in [-0.4, -0.2) is 42.7 Å². The van der Waals surface area contributed by atoms with Crippen LogP contribution < -0.4 is 14.7 Å². The van der Waals surface area contributed by atoms with E-state index in [0.717, 1.165) is 44.5 Å². The topological polar surface area (TPSA) is 35.5 Å². The highest BCUT2D eigenvalue weighted by atomic mass is 15.3. The fourth-order valence-electron chi connectivity index (χ4n) is 3.72. The molecule has 0 aliphatic carbocycles. The standard InChI is InChI=1S/C23H27N5/c1-3-28(21-11-7-8-19(2)18-21)22-12-13-24-23(25-22)27-16-14-26(15-17-27)20-9-5-4-6-10-20/h4-13,18H,3,14-17H2,1-2H3. The Bertz CT molecular complexity index is 904. The van der Waals surface area contributed by atoms with Gasteiger partial charge in [0.2, 0.25) is 5.95 Å². The van der Waals surface area contributed by atoms with Crippen LogP contribution in [0.5, 0.6) is 0 Å². The van der Waals surface area contributed by atoms with E-state index in [1.807, 2.05) is 12.3 Å². The van der Waals surface area contributed by atoms with Gasteiger partial charge in [-0.25, -0.2) is 4.98 Å². The number of anilines is 4. The van der Waals surface area contributed by atoms with Gasteiger partial charge in [0.25, 0.3) is 0 Å². The van der Waals surface area contributed by atoms with Crippen molar-refractivity contribution in [2.75, 3.05) is 47.4 Å². The van der Waals surface area contributed by atoms with Gasteiger partial charge in [0, 0.05) is 50.3 Å². The maximum Gasteiger partial charge on any atom is 0.227 e. The van der Waals surface area contributed by atoms with E-state index >= 15 is 0 Å². The molecule has 4 rings (SSSR count). The maximum atomic E-state index is 4.89. The molecule has 2 heterocycles. The van der Waals surface area contributed by atoms with Crippen LogP contribution in [0.4, 0.5) is 23.1 Å². The van der Waals surface area contributed by atoms with Crippen molar-refractivity contribution in [3.8, 4) is 0 Å². The summed E-state index contributed by atoms with van der Waals surface area (Å²) in [5, 5.41) is 0. The minimum absolute atomic E-state index is 0.816. The number of para-hydroxylation sites is 1. The molecule has 0 saturated carbocycles. The van der Waals surface area contributed by atoms with Gasteiger partial charge < -0.3 is 14.7 Å². The third-order valence-electron chi connectivity index (χ3n) is 5.22. The summed E-state index contributed by atoms with van der Waals surface area (Å²) in [6.45, 7) is 8.95. The minimum Gasteiger partial charge on any atom is -0.368 e. The molecule has 0 spiro atoms. The van der Waals surface area contributed by atoms with Crippen molar-refractivity contribution in [1.29, 1.82) is 0 Å². The first-order valence-corrected chi connectivity index (χ1v) is 9.97. The number of nitrogens with zero attached hydrogens (tertiary/aromatic N) is 5. The van der Waals surface area contributed by atoms with Crippen molar-refractivity contribution in [2.45, 2.75) is 13.8 Å². The van der Waals surface area contributed by atoms with Crippen LogP contribution in [0.15, 0.2) is 66.9 Å². The average Bonchev–Trinajstić information content (AvgIpc) is 2.75. The Morgan fingerprint density at radius 1 is 0.893 bits per heavy atom. The number of piperazine rings is 1. The molecule has 5 heteroatoms. The highest BCUT2D eigenvalue weighted by Crippen LogP contribution is 2.26. The Labute approximate surface area is 167 Å². The molecule has 1 fully saturated rings. The predicted octanol–water partition coefficient (Wildman–Crippen LogP) is 4.27. The second kappa shape index (κ2) is 8.30. The smallest absolute Gasteiger partial charge is 0.227 e. The molecule has 0 radical (unpaired) electrons. The zero-order valence-corrected chi connectivity index (χ0v) is 16.6. The van der Waals surface area contributed by atoms with E-state index in [0.29, 0.717) is 0 Å². The predicted molar refractivity (Wildman–Crippen MR) is 117 cm³/mol. The number of aromatic nitrogens is 2. The van der Waals surface area contributed by atoms with Gasteiger partial charge in [0.1, 0.15) is 5.82 Å². The first-order chi connectivity index (χ1) is 13.7. The highest BCUT2D eigenvalue weighted by Gasteiger charge is 2.20. The second-order valence-corrected chi connectivity index (χ2v) is 7.11. The van der Waals surface area contributed by atoms with Gasteiger partial charge in [-0.1, -0.05) is 30.3 Å². The van der Waals surface area contributed by atoms with Crippen molar-refractivity contribution in [1.82, 2.24) is 9.97 Å². The number of aryl methyl sites for hydroxylation is 1. The van der Waals surface area contributed by atoms with Gasteiger partial charge in [-0.2, -0.15) is 4.98 Å². The lowest BCUT2D eigenvalue weighted by Crippen LogP contribution is -2.47. The SMILES string of the molecule is CCN(c1cccc(C)c1)c1ccnc(N2CCN(c3ccccc3)CC2)n1. The first kappa shape index (κ1) is 18.3. The van der Waals surface area contributed by atoms with Gasteiger partial charge in [-0.15, -0.1) is 0 Å². The van der Waals surface area contributed by atoms with Crippen LogP contribution in [0, 0.1) is 6.92 Å². The molecular formula is C23H27N5. The molecular weight excluding hydrogens is 346 g/mol. The molecule has 0 bridgehead atoms. The summed E-state index contributed by atoms with van der Waals surface area (Å²) >= 11 is 0. The van der Waals surface area contributed by atoms with E-state index in [1.54, 1.807) is 0 Å². The Morgan fingerprint density at radius 3 is 2.36 bits per heavy atom. The fourth-order valence-corrected chi connectivity index (χ4v) is 3.72. The average molecular weight is 374 g/mol. The van der Waals surface area contributed by atoms with Crippen molar-refractivity contribution in [3.05, 3.63) is 72.4 Å². The molecule has 28 heavy (non-hydrogen) atoms. The third-order valence-corrected chi connectivity index (χ3v) is 5.22. The molecule has 1 aliphatic heterocycles. The Kier molecular flexibility index (Phi) is 5.42. The Balaban J connectivity index is 1.50. The van der Waals surface area contributed by atoms with Crippen molar-refractivity contribution < 1.29 is 0 Å². The van der Waals surface area contributed by atoms with Crippen molar-refractivity contribution in [2.24, 2.45) is 0 Å². The van der Waals surface area contributed by atoms with Gasteiger partial charge >= 0.3 is 0 Å². The van der Waals surface area contributed by atoms with Crippen LogP contribution in [0.3, 0.4) is 0 Å². The van der Waals surface area contributed by atoms with E-state index in [4.69, 9.17) is 4.98 Å². The molecule has 144 valence electrons. The molecule has 0 amide bonds. The molecule has 0 atom stereocenters. The summed E-state index contributed by atoms with van der Waals surface area (Å²) in [6, 6.07) is 21.1. The zero-order chi connectivity index (χ0) is 19.3. The highest BCUT2D eigenvalue weighted by molar-refractivity contribution is 5.61. The van der Waals surface area contributed by atoms with Crippen molar-refractivity contribution >= 4 is 23.1 Å². The molecule has 1 aliphatic rings. The molecule has 5 nitrogen and oxygen atoms in total. The maximum absolute atomic E-state index is 4.89. The summed E-state index contributed by atoms with van der Waals surface area (Å²) < 4.78 is 0. The lowest BCUT2D eigenvalue weighted by molar-refractivity contribution is 0.640. The third kappa shape index (κ3) is 3.93. The second-order valence-electron chi connectivity index (χ2n) is 7.11. The van der Waals surface area contributed by atoms with E-state index in [2.05, 4.69) is 88.1 Å². The van der Waals surface area contributed by atoms with Crippen LogP contribution in [-0.2, 0) is 0 Å². The quantitative estimate of drug-likeness (QED) is 0.667.